The predicted octanol–water partition coefficient (Wildman–Crippen LogP) is 3.75. The number of carbonyl (C=O) groups excluding carboxylic acids is 1. The molecule has 1 aliphatic heterocycles. The number of aromatic nitrogens is 4. The largest absolute Gasteiger partial charge is 0.347 e. The monoisotopic (exact) mass is 441 g/mol. The van der Waals surface area contributed by atoms with Crippen LogP contribution in [-0.2, 0) is 6.42 Å². The zero-order chi connectivity index (χ0) is 22.8. The first-order valence-electron chi connectivity index (χ1n) is 11.3. The summed E-state index contributed by atoms with van der Waals surface area (Å²) in [6.07, 6.45) is 6.46. The molecule has 7 heteroatoms. The molecule has 0 radical (unpaired) electrons. The molecule has 0 spiro atoms. The number of nitrogens with zero attached hydrogens (tertiary/aromatic N) is 4. The number of aryl methyl sites for hydroxylation is 1. The number of aromatic amines is 1. The van der Waals surface area contributed by atoms with E-state index in [0.29, 0.717) is 31.0 Å². The maximum absolute atomic E-state index is 13.0. The molecule has 0 bridgehead atoms. The molecule has 7 nitrogen and oxygen atoms in total. The van der Waals surface area contributed by atoms with Gasteiger partial charge in [-0.25, -0.2) is 14.5 Å². The Morgan fingerprint density at radius 3 is 2.39 bits per heavy atom. The SMILES string of the molecule is Cc1ccccc1-n1c(CC2CCN(C(=O)c3ccc(-n4cccc4)cc3)CC2)n[nH]c1=O. The van der Waals surface area contributed by atoms with Crippen LogP contribution < -0.4 is 5.69 Å². The zero-order valence-corrected chi connectivity index (χ0v) is 18.6. The van der Waals surface area contributed by atoms with Crippen molar-refractivity contribution in [3.05, 3.63) is 100 Å². The summed E-state index contributed by atoms with van der Waals surface area (Å²) in [5.41, 5.74) is 3.43. The second-order valence-electron chi connectivity index (χ2n) is 8.64. The molecule has 33 heavy (non-hydrogen) atoms. The average molecular weight is 442 g/mol. The summed E-state index contributed by atoms with van der Waals surface area (Å²) in [5.74, 6) is 1.20. The van der Waals surface area contributed by atoms with Gasteiger partial charge in [0.2, 0.25) is 0 Å². The number of benzene rings is 2. The lowest BCUT2D eigenvalue weighted by Gasteiger charge is -2.32. The van der Waals surface area contributed by atoms with Crippen LogP contribution in [0.25, 0.3) is 11.4 Å². The highest BCUT2D eigenvalue weighted by molar-refractivity contribution is 5.94. The fourth-order valence-electron chi connectivity index (χ4n) is 4.59. The summed E-state index contributed by atoms with van der Waals surface area (Å²) in [6.45, 7) is 3.41. The lowest BCUT2D eigenvalue weighted by molar-refractivity contribution is 0.0689. The van der Waals surface area contributed by atoms with Crippen molar-refractivity contribution in [2.75, 3.05) is 13.1 Å². The molecule has 3 heterocycles. The van der Waals surface area contributed by atoms with Gasteiger partial charge in [-0.2, -0.15) is 5.10 Å². The highest BCUT2D eigenvalue weighted by Gasteiger charge is 2.25. The van der Waals surface area contributed by atoms with E-state index in [-0.39, 0.29) is 11.6 Å². The lowest BCUT2D eigenvalue weighted by Crippen LogP contribution is -2.39. The van der Waals surface area contributed by atoms with Crippen molar-refractivity contribution in [1.29, 1.82) is 0 Å². The van der Waals surface area contributed by atoms with Gasteiger partial charge in [0.05, 0.1) is 5.69 Å². The molecule has 5 rings (SSSR count). The average Bonchev–Trinajstić information content (AvgIpc) is 3.50. The van der Waals surface area contributed by atoms with E-state index in [1.807, 2.05) is 89.4 Å². The number of likely N-dealkylation sites (tertiary alicyclic amines) is 1. The topological polar surface area (TPSA) is 75.9 Å². The molecule has 1 saturated heterocycles. The third kappa shape index (κ3) is 4.26. The van der Waals surface area contributed by atoms with Gasteiger partial charge in [0.15, 0.2) is 0 Å². The standard InChI is InChI=1S/C26H27N5O2/c1-19-6-2-3-7-23(19)31-24(27-28-26(31)33)18-20-12-16-30(17-13-20)25(32)21-8-10-22(11-9-21)29-14-4-5-15-29/h2-11,14-15,20H,12-13,16-18H2,1H3,(H,28,33). The van der Waals surface area contributed by atoms with Crippen LogP contribution in [0.1, 0.15) is 34.6 Å². The molecule has 1 fully saturated rings. The Hall–Kier alpha value is -3.87. The minimum atomic E-state index is -0.213. The molecule has 0 atom stereocenters. The summed E-state index contributed by atoms with van der Waals surface area (Å²) < 4.78 is 3.70. The van der Waals surface area contributed by atoms with Crippen LogP contribution in [0.4, 0.5) is 0 Å². The predicted molar refractivity (Wildman–Crippen MR) is 127 cm³/mol. The number of nitrogens with one attached hydrogen (secondary N) is 1. The summed E-state index contributed by atoms with van der Waals surface area (Å²) in [5, 5.41) is 6.91. The van der Waals surface area contributed by atoms with Gasteiger partial charge in [0.25, 0.3) is 5.91 Å². The Kier molecular flexibility index (Phi) is 5.69. The first-order valence-corrected chi connectivity index (χ1v) is 11.3. The van der Waals surface area contributed by atoms with Crippen LogP contribution in [0.2, 0.25) is 0 Å². The highest BCUT2D eigenvalue weighted by Crippen LogP contribution is 2.24. The van der Waals surface area contributed by atoms with Gasteiger partial charge < -0.3 is 9.47 Å². The van der Waals surface area contributed by atoms with Crippen molar-refractivity contribution in [3.8, 4) is 11.4 Å². The molecule has 1 N–H and O–H groups in total. The fourth-order valence-corrected chi connectivity index (χ4v) is 4.59. The fraction of sp³-hybridized carbons (Fsp3) is 0.269. The summed E-state index contributed by atoms with van der Waals surface area (Å²) in [6, 6.07) is 19.5. The molecule has 2 aromatic heterocycles. The van der Waals surface area contributed by atoms with Crippen molar-refractivity contribution in [2.45, 2.75) is 26.2 Å². The smallest absolute Gasteiger partial charge is 0.339 e. The van der Waals surface area contributed by atoms with Gasteiger partial charge >= 0.3 is 5.69 Å². The number of amides is 1. The van der Waals surface area contributed by atoms with E-state index in [4.69, 9.17) is 0 Å². The van der Waals surface area contributed by atoms with E-state index in [9.17, 15) is 9.59 Å². The minimum Gasteiger partial charge on any atom is -0.339 e. The number of carbonyl (C=O) groups is 1. The van der Waals surface area contributed by atoms with Gasteiger partial charge in [0, 0.05) is 43.2 Å². The van der Waals surface area contributed by atoms with E-state index < -0.39 is 0 Å². The van der Waals surface area contributed by atoms with E-state index in [2.05, 4.69) is 10.2 Å². The van der Waals surface area contributed by atoms with Gasteiger partial charge in [-0.3, -0.25) is 4.79 Å². The van der Waals surface area contributed by atoms with Crippen LogP contribution >= 0.6 is 0 Å². The summed E-state index contributed by atoms with van der Waals surface area (Å²) >= 11 is 0. The lowest BCUT2D eigenvalue weighted by atomic mass is 9.92. The molecule has 1 amide bonds. The molecule has 1 aliphatic rings. The molecule has 2 aromatic carbocycles. The third-order valence-electron chi connectivity index (χ3n) is 6.49. The van der Waals surface area contributed by atoms with Crippen molar-refractivity contribution in [1.82, 2.24) is 24.2 Å². The van der Waals surface area contributed by atoms with Crippen molar-refractivity contribution in [2.24, 2.45) is 5.92 Å². The first kappa shape index (κ1) is 21.0. The van der Waals surface area contributed by atoms with Gasteiger partial charge in [-0.15, -0.1) is 0 Å². The second kappa shape index (κ2) is 8.94. The summed E-state index contributed by atoms with van der Waals surface area (Å²) in [7, 11) is 0. The molecule has 168 valence electrons. The maximum Gasteiger partial charge on any atom is 0.347 e. The molecular weight excluding hydrogens is 414 g/mol. The number of H-pyrrole nitrogens is 1. The quantitative estimate of drug-likeness (QED) is 0.512. The maximum atomic E-state index is 13.0. The van der Waals surface area contributed by atoms with Gasteiger partial charge in [-0.1, -0.05) is 18.2 Å². The van der Waals surface area contributed by atoms with Crippen LogP contribution in [-0.4, -0.2) is 43.2 Å². The van der Waals surface area contributed by atoms with Crippen LogP contribution in [0.3, 0.4) is 0 Å². The number of hydrogen-bond donors (Lipinski definition) is 1. The minimum absolute atomic E-state index is 0.0732. The van der Waals surface area contributed by atoms with E-state index in [0.717, 1.165) is 35.6 Å². The second-order valence-corrected chi connectivity index (χ2v) is 8.64. The number of hydrogen-bond acceptors (Lipinski definition) is 3. The number of rotatable bonds is 5. The Bertz CT molecular complexity index is 1290. The van der Waals surface area contributed by atoms with Crippen molar-refractivity contribution < 1.29 is 4.79 Å². The van der Waals surface area contributed by atoms with Gasteiger partial charge in [-0.05, 0) is 73.7 Å². The van der Waals surface area contributed by atoms with Crippen LogP contribution in [0, 0.1) is 12.8 Å². The van der Waals surface area contributed by atoms with Crippen LogP contribution in [0.5, 0.6) is 0 Å². The molecule has 0 unspecified atom stereocenters. The Morgan fingerprint density at radius 1 is 1.00 bits per heavy atom. The highest BCUT2D eigenvalue weighted by atomic mass is 16.2. The zero-order valence-electron chi connectivity index (χ0n) is 18.6. The first-order chi connectivity index (χ1) is 16.1. The van der Waals surface area contributed by atoms with E-state index in [1.54, 1.807) is 4.57 Å². The van der Waals surface area contributed by atoms with E-state index >= 15 is 0 Å². The molecular formula is C26H27N5O2. The molecule has 0 aliphatic carbocycles. The molecule has 0 saturated carbocycles. The Morgan fingerprint density at radius 2 is 1.70 bits per heavy atom. The van der Waals surface area contributed by atoms with Crippen molar-refractivity contribution in [3.63, 3.8) is 0 Å². The summed E-state index contributed by atoms with van der Waals surface area (Å²) in [4.78, 5) is 27.4. The normalized spacial score (nSPS) is 14.5. The van der Waals surface area contributed by atoms with Gasteiger partial charge in [0.1, 0.15) is 5.82 Å². The van der Waals surface area contributed by atoms with Crippen LogP contribution in [0.15, 0.2) is 77.9 Å². The van der Waals surface area contributed by atoms with Crippen molar-refractivity contribution >= 4 is 5.91 Å². The Balaban J connectivity index is 1.23. The number of para-hydroxylation sites is 1. The van der Waals surface area contributed by atoms with E-state index in [1.165, 1.54) is 0 Å². The third-order valence-corrected chi connectivity index (χ3v) is 6.49. The molecule has 4 aromatic rings. The Labute approximate surface area is 192 Å². The number of piperidine rings is 1.